The lowest BCUT2D eigenvalue weighted by atomic mass is 9.95. The Hall–Kier alpha value is -4.09. The summed E-state index contributed by atoms with van der Waals surface area (Å²) < 4.78 is 56.5. The molecule has 0 aliphatic rings. The minimum Gasteiger partial charge on any atom is -0.505 e. The molecule has 192 valence electrons. The number of ether oxygens (including phenoxy) is 1. The number of rotatable bonds is 6. The number of nitrogens with one attached hydrogen (secondary N) is 1. The maximum absolute atomic E-state index is 14.3. The van der Waals surface area contributed by atoms with Crippen molar-refractivity contribution in [1.82, 2.24) is 9.88 Å². The average molecular weight is 510 g/mol. The quantitative estimate of drug-likeness (QED) is 0.422. The molecule has 0 fully saturated rings. The van der Waals surface area contributed by atoms with E-state index in [0.717, 1.165) is 41.0 Å². The summed E-state index contributed by atoms with van der Waals surface area (Å²) in [5.74, 6) is -6.08. The number of carbonyl (C=O) groups is 3. The van der Waals surface area contributed by atoms with Gasteiger partial charge in [0, 0.05) is 22.7 Å². The van der Waals surface area contributed by atoms with Gasteiger partial charge in [-0.15, -0.1) is 13.2 Å². The number of carboxylic acid groups (broad SMARTS) is 1. The Morgan fingerprint density at radius 3 is 2.19 bits per heavy atom. The van der Waals surface area contributed by atoms with E-state index in [9.17, 15) is 42.2 Å². The highest BCUT2D eigenvalue weighted by atomic mass is 19.4. The topological polar surface area (TPSA) is 118 Å². The van der Waals surface area contributed by atoms with Crippen LogP contribution in [0.5, 0.6) is 11.5 Å². The average Bonchev–Trinajstić information content (AvgIpc) is 3.02. The number of phenolic OH excluding ortho intramolecular Hbond substituents is 1. The van der Waals surface area contributed by atoms with Gasteiger partial charge in [-0.3, -0.25) is 14.2 Å². The third kappa shape index (κ3) is 5.11. The minimum atomic E-state index is -4.92. The van der Waals surface area contributed by atoms with Crippen LogP contribution in [0.15, 0.2) is 36.4 Å². The molecule has 36 heavy (non-hydrogen) atoms. The summed E-state index contributed by atoms with van der Waals surface area (Å²) in [6.45, 7) is 5.49. The molecule has 0 radical (unpaired) electrons. The lowest BCUT2D eigenvalue weighted by Crippen LogP contribution is -2.50. The molecule has 8 nitrogen and oxygen atoms in total. The third-order valence-corrected chi connectivity index (χ3v) is 5.66. The predicted octanol–water partition coefficient (Wildman–Crippen LogP) is 4.46. The van der Waals surface area contributed by atoms with Crippen LogP contribution in [0.3, 0.4) is 0 Å². The van der Waals surface area contributed by atoms with E-state index in [1.54, 1.807) is 0 Å². The maximum atomic E-state index is 14.3. The number of carbonyl (C=O) groups excluding carboxylic acids is 2. The zero-order valence-electron chi connectivity index (χ0n) is 19.5. The molecule has 12 heteroatoms. The Morgan fingerprint density at radius 2 is 1.67 bits per heavy atom. The first-order chi connectivity index (χ1) is 16.5. The number of benzene rings is 2. The fraction of sp³-hybridized carbons (Fsp3) is 0.292. The van der Waals surface area contributed by atoms with Crippen LogP contribution in [-0.4, -0.2) is 44.5 Å². The van der Waals surface area contributed by atoms with Gasteiger partial charge in [0.15, 0.2) is 11.6 Å². The zero-order valence-corrected chi connectivity index (χ0v) is 19.5. The first kappa shape index (κ1) is 26.5. The summed E-state index contributed by atoms with van der Waals surface area (Å²) in [5, 5.41) is 21.8. The number of halogens is 4. The second-order valence-electron chi connectivity index (χ2n) is 8.67. The fourth-order valence-electron chi connectivity index (χ4n) is 3.79. The lowest BCUT2D eigenvalue weighted by Gasteiger charge is -2.23. The molecule has 1 unspecified atom stereocenters. The van der Waals surface area contributed by atoms with Crippen molar-refractivity contribution in [2.75, 3.05) is 0 Å². The molecule has 3 N–H and O–H groups in total. The highest BCUT2D eigenvalue weighted by molar-refractivity contribution is 6.06. The summed E-state index contributed by atoms with van der Waals surface area (Å²) in [6.07, 6.45) is -4.92. The smallest absolute Gasteiger partial charge is 0.505 e. The van der Waals surface area contributed by atoms with Crippen molar-refractivity contribution in [3.8, 4) is 11.5 Å². The van der Waals surface area contributed by atoms with Gasteiger partial charge in [-0.05, 0) is 63.6 Å². The molecule has 0 saturated carbocycles. The molecular weight excluding hydrogens is 488 g/mol. The van der Waals surface area contributed by atoms with Gasteiger partial charge in [0.1, 0.15) is 11.3 Å². The van der Waals surface area contributed by atoms with E-state index >= 15 is 0 Å². The number of amides is 1. The second-order valence-corrected chi connectivity index (χ2v) is 8.67. The highest BCUT2D eigenvalue weighted by Crippen LogP contribution is 2.36. The Bertz CT molecular complexity index is 1360. The van der Waals surface area contributed by atoms with Crippen LogP contribution in [-0.2, 0) is 9.59 Å². The van der Waals surface area contributed by atoms with E-state index in [1.807, 2.05) is 0 Å². The van der Waals surface area contributed by atoms with Crippen molar-refractivity contribution in [3.63, 3.8) is 0 Å². The molecule has 0 bridgehead atoms. The molecule has 0 aliphatic heterocycles. The van der Waals surface area contributed by atoms with Gasteiger partial charge in [-0.2, -0.15) is 0 Å². The van der Waals surface area contributed by atoms with Gasteiger partial charge in [0.05, 0.1) is 11.4 Å². The lowest BCUT2D eigenvalue weighted by molar-refractivity contribution is -0.274. The number of aromatic hydroxyl groups is 1. The van der Waals surface area contributed by atoms with Crippen LogP contribution >= 0.6 is 0 Å². The molecule has 3 aromatic rings. The summed E-state index contributed by atoms with van der Waals surface area (Å²) >= 11 is 0. The normalized spacial score (nSPS) is 12.9. The van der Waals surface area contributed by atoms with Crippen LogP contribution < -0.4 is 10.1 Å². The van der Waals surface area contributed by atoms with Gasteiger partial charge in [-0.1, -0.05) is 0 Å². The molecule has 2 aromatic carbocycles. The molecule has 0 aliphatic carbocycles. The monoisotopic (exact) mass is 510 g/mol. The van der Waals surface area contributed by atoms with E-state index in [1.165, 1.54) is 27.7 Å². The standard InChI is InChI=1S/C24H22F4N2O6/c1-11(20(32)29-23(3,4)22(34)35)19-12(2)30(17-10-16(25)18(31)9-15(17)19)21(33)13-5-7-14(8-6-13)36-24(26,27)28/h5-11,31H,1-4H3,(H,29,32)(H,34,35). The first-order valence-corrected chi connectivity index (χ1v) is 10.5. The van der Waals surface area contributed by atoms with E-state index < -0.39 is 52.9 Å². The number of nitrogens with zero attached hydrogens (tertiary/aromatic N) is 1. The Balaban J connectivity index is 2.11. The van der Waals surface area contributed by atoms with E-state index in [2.05, 4.69) is 10.1 Å². The first-order valence-electron chi connectivity index (χ1n) is 10.5. The Kier molecular flexibility index (Phi) is 6.75. The summed E-state index contributed by atoms with van der Waals surface area (Å²) in [5.41, 5.74) is -1.26. The van der Waals surface area contributed by atoms with Crippen LogP contribution in [0, 0.1) is 12.7 Å². The van der Waals surface area contributed by atoms with Crippen LogP contribution in [0.4, 0.5) is 17.6 Å². The van der Waals surface area contributed by atoms with Crippen molar-refractivity contribution in [3.05, 3.63) is 59.0 Å². The highest BCUT2D eigenvalue weighted by Gasteiger charge is 2.34. The third-order valence-electron chi connectivity index (χ3n) is 5.66. The molecule has 1 heterocycles. The summed E-state index contributed by atoms with van der Waals surface area (Å²) in [4.78, 5) is 37.7. The number of carboxylic acids is 1. The van der Waals surface area contributed by atoms with Crippen molar-refractivity contribution >= 4 is 28.7 Å². The summed E-state index contributed by atoms with van der Waals surface area (Å²) in [6, 6.07) is 6.01. The van der Waals surface area contributed by atoms with Crippen molar-refractivity contribution in [2.45, 2.75) is 45.5 Å². The van der Waals surface area contributed by atoms with Crippen molar-refractivity contribution in [1.29, 1.82) is 0 Å². The van der Waals surface area contributed by atoms with E-state index in [0.29, 0.717) is 0 Å². The van der Waals surface area contributed by atoms with Gasteiger partial charge >= 0.3 is 12.3 Å². The largest absolute Gasteiger partial charge is 0.573 e. The zero-order chi connectivity index (χ0) is 27.2. The number of hydrogen-bond donors (Lipinski definition) is 3. The molecule has 3 rings (SSSR count). The number of fused-ring (bicyclic) bond motifs is 1. The Labute approximate surface area is 202 Å². The molecular formula is C24H22F4N2O6. The van der Waals surface area contributed by atoms with Crippen LogP contribution in [0.25, 0.3) is 10.9 Å². The minimum absolute atomic E-state index is 0.00411. The Morgan fingerprint density at radius 1 is 1.08 bits per heavy atom. The molecule has 1 atom stereocenters. The fourth-order valence-corrected chi connectivity index (χ4v) is 3.79. The van der Waals surface area contributed by atoms with Gasteiger partial charge in [-0.25, -0.2) is 9.18 Å². The van der Waals surface area contributed by atoms with Crippen LogP contribution in [0.2, 0.25) is 0 Å². The van der Waals surface area contributed by atoms with E-state index in [4.69, 9.17) is 0 Å². The number of alkyl halides is 3. The summed E-state index contributed by atoms with van der Waals surface area (Å²) in [7, 11) is 0. The van der Waals surface area contributed by atoms with Gasteiger partial charge in [0.2, 0.25) is 5.91 Å². The van der Waals surface area contributed by atoms with E-state index in [-0.39, 0.29) is 27.7 Å². The molecule has 0 saturated heterocycles. The van der Waals surface area contributed by atoms with Crippen LogP contribution in [0.1, 0.15) is 48.3 Å². The predicted molar refractivity (Wildman–Crippen MR) is 119 cm³/mol. The molecule has 0 spiro atoms. The molecule has 1 aromatic heterocycles. The number of aliphatic carboxylic acids is 1. The van der Waals surface area contributed by atoms with Crippen molar-refractivity contribution < 1.29 is 46.9 Å². The maximum Gasteiger partial charge on any atom is 0.573 e. The van der Waals surface area contributed by atoms with Gasteiger partial charge < -0.3 is 20.3 Å². The SMILES string of the molecule is Cc1c(C(C)C(=O)NC(C)(C)C(=O)O)c2cc(O)c(F)cc2n1C(=O)c1ccc(OC(F)(F)F)cc1. The van der Waals surface area contributed by atoms with Gasteiger partial charge in [0.25, 0.3) is 5.91 Å². The number of hydrogen-bond acceptors (Lipinski definition) is 5. The number of phenols is 1. The number of aromatic nitrogens is 1. The second kappa shape index (κ2) is 9.17. The molecule has 1 amide bonds. The van der Waals surface area contributed by atoms with Crippen molar-refractivity contribution in [2.24, 2.45) is 0 Å².